The minimum absolute atomic E-state index is 0.573. The number of rotatable bonds is 6. The molecule has 0 amide bonds. The van der Waals surface area contributed by atoms with Crippen LogP contribution in [0.15, 0.2) is 170 Å². The van der Waals surface area contributed by atoms with Crippen LogP contribution in [0.4, 0.5) is 11.4 Å². The van der Waals surface area contributed by atoms with E-state index in [1.165, 1.54) is 98.9 Å². The monoisotopic (exact) mass is 715 g/mol. The summed E-state index contributed by atoms with van der Waals surface area (Å²) >= 11 is 0. The Hall–Kier alpha value is -6.70. The Morgan fingerprint density at radius 1 is 0.554 bits per heavy atom. The number of nitrogens with zero attached hydrogens (tertiary/aromatic N) is 1. The van der Waals surface area contributed by atoms with Gasteiger partial charge in [0, 0.05) is 22.5 Å². The van der Waals surface area contributed by atoms with Gasteiger partial charge < -0.3 is 4.90 Å². The van der Waals surface area contributed by atoms with Gasteiger partial charge >= 0.3 is 0 Å². The number of hydrogen-bond acceptors (Lipinski definition) is 1. The van der Waals surface area contributed by atoms with Crippen LogP contribution in [-0.4, -0.2) is 0 Å². The van der Waals surface area contributed by atoms with Crippen LogP contribution in [0.2, 0.25) is 0 Å². The van der Waals surface area contributed by atoms with Gasteiger partial charge in [0.1, 0.15) is 0 Å². The predicted octanol–water partition coefficient (Wildman–Crippen LogP) is 13.6. The van der Waals surface area contributed by atoms with Crippen LogP contribution in [0.25, 0.3) is 83.2 Å². The van der Waals surface area contributed by atoms with Crippen LogP contribution < -0.4 is 15.3 Å². The molecule has 9 aromatic rings. The lowest BCUT2D eigenvalue weighted by Crippen LogP contribution is -2.28. The average Bonchev–Trinajstić information content (AvgIpc) is 3.26. The summed E-state index contributed by atoms with van der Waals surface area (Å²) in [6.45, 7) is 7.43. The van der Waals surface area contributed by atoms with Crippen LogP contribution in [0.5, 0.6) is 0 Å². The minimum Gasteiger partial charge on any atom is -0.310 e. The fourth-order valence-electron chi connectivity index (χ4n) is 10.1. The van der Waals surface area contributed by atoms with Crippen LogP contribution in [-0.2, 0) is 0 Å². The van der Waals surface area contributed by atoms with Gasteiger partial charge in [0.2, 0.25) is 0 Å². The highest BCUT2D eigenvalue weighted by molar-refractivity contribution is 6.19. The summed E-state index contributed by atoms with van der Waals surface area (Å²) < 4.78 is 0. The van der Waals surface area contributed by atoms with Crippen molar-refractivity contribution in [1.29, 1.82) is 0 Å². The molecule has 0 N–H and O–H groups in total. The van der Waals surface area contributed by atoms with Crippen molar-refractivity contribution in [3.63, 3.8) is 0 Å². The number of benzene rings is 9. The Bertz CT molecular complexity index is 3190. The van der Waals surface area contributed by atoms with Crippen molar-refractivity contribution in [1.82, 2.24) is 0 Å². The molecule has 1 unspecified atom stereocenters. The third kappa shape index (κ3) is 4.94. The Labute approximate surface area is 327 Å². The Morgan fingerprint density at radius 2 is 1.14 bits per heavy atom. The van der Waals surface area contributed by atoms with Crippen LogP contribution in [0, 0.1) is 6.92 Å². The first-order valence-corrected chi connectivity index (χ1v) is 20.0. The van der Waals surface area contributed by atoms with E-state index in [2.05, 4.69) is 188 Å². The molecule has 0 saturated heterocycles. The molecular weight excluding hydrogens is 675 g/mol. The fraction of sp³-hybridized carbons (Fsp3) is 0.0909. The highest BCUT2D eigenvalue weighted by atomic mass is 15.2. The van der Waals surface area contributed by atoms with Gasteiger partial charge in [0.15, 0.2) is 0 Å². The molecule has 1 nitrogen and oxygen atoms in total. The molecule has 1 heteroatoms. The summed E-state index contributed by atoms with van der Waals surface area (Å²) in [6, 6.07) is 60.4. The normalized spacial score (nSPS) is 14.5. The zero-order valence-electron chi connectivity index (χ0n) is 31.6. The van der Waals surface area contributed by atoms with Crippen molar-refractivity contribution in [3.8, 4) is 22.3 Å². The molecule has 0 aliphatic heterocycles. The van der Waals surface area contributed by atoms with Crippen molar-refractivity contribution in [2.45, 2.75) is 32.1 Å². The van der Waals surface area contributed by atoms with Gasteiger partial charge in [-0.2, -0.15) is 0 Å². The van der Waals surface area contributed by atoms with E-state index in [1.54, 1.807) is 0 Å². The summed E-state index contributed by atoms with van der Waals surface area (Å²) in [4.78, 5) is 2.48. The van der Waals surface area contributed by atoms with Gasteiger partial charge in [-0.1, -0.05) is 170 Å². The quantitative estimate of drug-likeness (QED) is 0.166. The van der Waals surface area contributed by atoms with Gasteiger partial charge in [-0.05, 0) is 126 Å². The van der Waals surface area contributed by atoms with E-state index < -0.39 is 0 Å². The van der Waals surface area contributed by atoms with Crippen molar-refractivity contribution >= 4 is 72.3 Å². The first kappa shape index (κ1) is 32.7. The Kier molecular flexibility index (Phi) is 7.57. The van der Waals surface area contributed by atoms with Crippen molar-refractivity contribution < 1.29 is 0 Å². The summed E-state index contributed by atoms with van der Waals surface area (Å²) in [6.07, 6.45) is 8.38. The van der Waals surface area contributed by atoms with Crippen molar-refractivity contribution in [2.75, 3.05) is 4.90 Å². The molecule has 0 heterocycles. The third-order valence-electron chi connectivity index (χ3n) is 12.6. The Morgan fingerprint density at radius 3 is 1.86 bits per heavy atom. The van der Waals surface area contributed by atoms with E-state index >= 15 is 0 Å². The SMILES string of the molecule is C=C(c1ccc2ccc3c4c2c1=CCC4CCC=3)N(c1ccccc1)c1c(C)c(-c2cccc3ccccc23)c2ccccc2c1-c1cccc2ccccc12. The van der Waals surface area contributed by atoms with Gasteiger partial charge in [0.05, 0.1) is 5.69 Å². The first-order valence-electron chi connectivity index (χ1n) is 20.0. The zero-order chi connectivity index (χ0) is 37.3. The number of para-hydroxylation sites is 1. The lowest BCUT2D eigenvalue weighted by Gasteiger charge is -2.34. The number of hydrogen-bond donors (Lipinski definition) is 0. The van der Waals surface area contributed by atoms with Gasteiger partial charge in [0.25, 0.3) is 0 Å². The summed E-state index contributed by atoms with van der Waals surface area (Å²) in [5.41, 5.74) is 12.1. The predicted molar refractivity (Wildman–Crippen MR) is 241 cm³/mol. The van der Waals surface area contributed by atoms with Gasteiger partial charge in [-0.15, -0.1) is 0 Å². The zero-order valence-corrected chi connectivity index (χ0v) is 31.6. The average molecular weight is 716 g/mol. The van der Waals surface area contributed by atoms with Gasteiger partial charge in [-0.25, -0.2) is 0 Å². The second-order valence-electron chi connectivity index (χ2n) is 15.6. The topological polar surface area (TPSA) is 3.24 Å². The van der Waals surface area contributed by atoms with Crippen molar-refractivity contribution in [3.05, 3.63) is 197 Å². The lowest BCUT2D eigenvalue weighted by atomic mass is 9.78. The van der Waals surface area contributed by atoms with E-state index in [-0.39, 0.29) is 0 Å². The molecular formula is C55H41N. The molecule has 0 aromatic heterocycles. The molecule has 266 valence electrons. The largest absolute Gasteiger partial charge is 0.310 e. The van der Waals surface area contributed by atoms with Crippen LogP contribution in [0.3, 0.4) is 0 Å². The molecule has 0 spiro atoms. The smallest absolute Gasteiger partial charge is 0.0582 e. The molecule has 0 saturated carbocycles. The van der Waals surface area contributed by atoms with Gasteiger partial charge in [-0.3, -0.25) is 0 Å². The van der Waals surface area contributed by atoms with E-state index in [1.807, 2.05) is 0 Å². The minimum atomic E-state index is 0.573. The highest BCUT2D eigenvalue weighted by Gasteiger charge is 2.29. The molecule has 2 aliphatic rings. The van der Waals surface area contributed by atoms with Crippen LogP contribution in [0.1, 0.15) is 41.9 Å². The molecule has 56 heavy (non-hydrogen) atoms. The molecule has 9 aromatic carbocycles. The fourth-order valence-corrected chi connectivity index (χ4v) is 10.1. The molecule has 0 bridgehead atoms. The number of anilines is 2. The molecule has 2 aliphatic carbocycles. The van der Waals surface area contributed by atoms with Crippen molar-refractivity contribution in [2.24, 2.45) is 0 Å². The van der Waals surface area contributed by atoms with E-state index in [0.717, 1.165) is 29.9 Å². The van der Waals surface area contributed by atoms with E-state index in [0.29, 0.717) is 5.92 Å². The second kappa shape index (κ2) is 13.0. The standard InChI is InChI=1S/C55H41N/c1-35-51(46-27-13-17-37-15-6-8-23-44(37)46)48-25-10-11-26-49(48)54(47-28-14-18-38-16-7-9-24-45(38)47)55(35)56(42-21-4-3-5-22-42)36(2)43-33-31-41-30-29-39-19-12-20-40-32-34-50(43)53(41)52(39)40/h3-11,13-19,21-31,33-34,40H,2,12,20,32H2,1H3. The first-order chi connectivity index (χ1) is 27.7. The summed E-state index contributed by atoms with van der Waals surface area (Å²) in [7, 11) is 0. The maximum atomic E-state index is 5.09. The molecule has 1 atom stereocenters. The molecule has 0 radical (unpaired) electrons. The maximum absolute atomic E-state index is 5.09. The molecule has 11 rings (SSSR count). The van der Waals surface area contributed by atoms with Crippen LogP contribution >= 0.6 is 0 Å². The summed E-state index contributed by atoms with van der Waals surface area (Å²) in [5.74, 6) is 0.573. The number of fused-ring (bicyclic) bond motifs is 3. The highest BCUT2D eigenvalue weighted by Crippen LogP contribution is 2.52. The second-order valence-corrected chi connectivity index (χ2v) is 15.6. The Balaban J connectivity index is 1.29. The lowest BCUT2D eigenvalue weighted by molar-refractivity contribution is 0.646. The third-order valence-corrected chi connectivity index (χ3v) is 12.6. The van der Waals surface area contributed by atoms with E-state index in [9.17, 15) is 0 Å². The molecule has 0 fully saturated rings. The maximum Gasteiger partial charge on any atom is 0.0582 e. The van der Waals surface area contributed by atoms with E-state index in [4.69, 9.17) is 6.58 Å². The summed E-state index contributed by atoms with van der Waals surface area (Å²) in [5, 5.41) is 12.9.